The van der Waals surface area contributed by atoms with Crippen LogP contribution in [-0.4, -0.2) is 24.0 Å². The van der Waals surface area contributed by atoms with E-state index >= 15 is 0 Å². The minimum absolute atomic E-state index is 0.134. The van der Waals surface area contributed by atoms with Gasteiger partial charge in [-0.2, -0.15) is 4.31 Å². The van der Waals surface area contributed by atoms with Gasteiger partial charge in [0.25, 0.3) is 0 Å². The van der Waals surface area contributed by atoms with Crippen molar-refractivity contribution in [2.24, 2.45) is 0 Å². The van der Waals surface area contributed by atoms with Gasteiger partial charge in [0.1, 0.15) is 11.6 Å². The Balaban J connectivity index is 2.42. The standard InChI is InChI=1S/C14H13ClFNO4S/c1-10(14(15)18)17(9-12-3-2-8-21-12)22(19,20)13-6-4-11(16)5-7-13/h2-8,10H,9H2,1H3. The molecular formula is C14H13ClFNO4S. The molecule has 22 heavy (non-hydrogen) atoms. The van der Waals surface area contributed by atoms with Crippen LogP contribution in [-0.2, 0) is 21.4 Å². The zero-order chi connectivity index (χ0) is 16.3. The van der Waals surface area contributed by atoms with Gasteiger partial charge in [0.05, 0.1) is 23.7 Å². The van der Waals surface area contributed by atoms with Crippen molar-refractivity contribution >= 4 is 26.9 Å². The Morgan fingerprint density at radius 2 is 1.95 bits per heavy atom. The van der Waals surface area contributed by atoms with E-state index in [9.17, 15) is 17.6 Å². The van der Waals surface area contributed by atoms with Gasteiger partial charge in [0.2, 0.25) is 15.3 Å². The SMILES string of the molecule is CC(C(=O)Cl)N(Cc1ccco1)S(=O)(=O)c1ccc(F)cc1. The quantitative estimate of drug-likeness (QED) is 0.755. The summed E-state index contributed by atoms with van der Waals surface area (Å²) in [5, 5.41) is -0.822. The monoisotopic (exact) mass is 345 g/mol. The summed E-state index contributed by atoms with van der Waals surface area (Å²) < 4.78 is 44.3. The first-order valence-electron chi connectivity index (χ1n) is 6.31. The van der Waals surface area contributed by atoms with Crippen molar-refractivity contribution in [2.45, 2.75) is 24.4 Å². The zero-order valence-electron chi connectivity index (χ0n) is 11.6. The molecule has 0 N–H and O–H groups in total. The summed E-state index contributed by atoms with van der Waals surface area (Å²) in [6.07, 6.45) is 1.39. The Bertz CT molecular complexity index is 744. The minimum Gasteiger partial charge on any atom is -0.468 e. The molecule has 0 fully saturated rings. The smallest absolute Gasteiger partial charge is 0.244 e. The first-order valence-corrected chi connectivity index (χ1v) is 8.13. The second-order valence-corrected chi connectivity index (χ2v) is 6.83. The van der Waals surface area contributed by atoms with Crippen LogP contribution < -0.4 is 0 Å². The largest absolute Gasteiger partial charge is 0.468 e. The molecule has 0 saturated carbocycles. The Morgan fingerprint density at radius 3 is 2.45 bits per heavy atom. The van der Waals surface area contributed by atoms with Gasteiger partial charge >= 0.3 is 0 Å². The van der Waals surface area contributed by atoms with Gasteiger partial charge in [-0.05, 0) is 54.9 Å². The molecular weight excluding hydrogens is 333 g/mol. The third-order valence-electron chi connectivity index (χ3n) is 3.07. The fraction of sp³-hybridized carbons (Fsp3) is 0.214. The van der Waals surface area contributed by atoms with Crippen LogP contribution in [0.1, 0.15) is 12.7 Å². The number of furan rings is 1. The predicted octanol–water partition coefficient (Wildman–Crippen LogP) is 2.76. The third-order valence-corrected chi connectivity index (χ3v) is 5.32. The molecule has 0 aliphatic heterocycles. The van der Waals surface area contributed by atoms with Crippen LogP contribution in [0.5, 0.6) is 0 Å². The summed E-state index contributed by atoms with van der Waals surface area (Å²) in [6.45, 7) is 1.21. The van der Waals surface area contributed by atoms with Crippen LogP contribution in [0.2, 0.25) is 0 Å². The highest BCUT2D eigenvalue weighted by atomic mass is 35.5. The number of sulfonamides is 1. The van der Waals surface area contributed by atoms with E-state index in [1.807, 2.05) is 0 Å². The molecule has 5 nitrogen and oxygen atoms in total. The van der Waals surface area contributed by atoms with Crippen molar-refractivity contribution in [1.82, 2.24) is 4.31 Å². The first-order chi connectivity index (χ1) is 10.3. The highest BCUT2D eigenvalue weighted by molar-refractivity contribution is 7.89. The molecule has 2 aromatic rings. The van der Waals surface area contributed by atoms with Crippen molar-refractivity contribution in [1.29, 1.82) is 0 Å². The topological polar surface area (TPSA) is 67.6 Å². The van der Waals surface area contributed by atoms with Crippen LogP contribution in [0.3, 0.4) is 0 Å². The molecule has 0 aliphatic carbocycles. The van der Waals surface area contributed by atoms with Gasteiger partial charge in [0.15, 0.2) is 0 Å². The van der Waals surface area contributed by atoms with Gasteiger partial charge in [0, 0.05) is 0 Å². The number of carbonyl (C=O) groups is 1. The molecule has 1 atom stereocenters. The molecule has 0 bridgehead atoms. The maximum atomic E-state index is 13.0. The Kier molecular flexibility index (Phi) is 5.00. The van der Waals surface area contributed by atoms with E-state index in [2.05, 4.69) is 0 Å². The second-order valence-electron chi connectivity index (χ2n) is 4.56. The maximum Gasteiger partial charge on any atom is 0.244 e. The normalized spacial score (nSPS) is 13.3. The number of hydrogen-bond acceptors (Lipinski definition) is 4. The first kappa shape index (κ1) is 16.7. The van der Waals surface area contributed by atoms with Gasteiger partial charge in [-0.3, -0.25) is 4.79 Å². The van der Waals surface area contributed by atoms with Crippen molar-refractivity contribution < 1.29 is 22.0 Å². The molecule has 0 saturated heterocycles. The number of hydrogen-bond donors (Lipinski definition) is 0. The Labute approximate surface area is 132 Å². The van der Waals surface area contributed by atoms with E-state index in [4.69, 9.17) is 16.0 Å². The summed E-state index contributed by atoms with van der Waals surface area (Å²) in [4.78, 5) is 11.3. The summed E-state index contributed by atoms with van der Waals surface area (Å²) in [6, 6.07) is 6.41. The molecule has 1 unspecified atom stereocenters. The van der Waals surface area contributed by atoms with Crippen LogP contribution in [0, 0.1) is 5.82 Å². The van der Waals surface area contributed by atoms with Gasteiger partial charge in [-0.25, -0.2) is 12.8 Å². The number of rotatable bonds is 6. The lowest BCUT2D eigenvalue weighted by Crippen LogP contribution is -2.41. The molecule has 0 radical (unpaired) electrons. The summed E-state index contributed by atoms with van der Waals surface area (Å²) in [5.74, 6) is -0.201. The molecule has 1 aromatic heterocycles. The third kappa shape index (κ3) is 3.55. The van der Waals surface area contributed by atoms with Gasteiger partial charge < -0.3 is 4.42 Å². The summed E-state index contributed by atoms with van der Waals surface area (Å²) in [7, 11) is -4.04. The van der Waals surface area contributed by atoms with Crippen LogP contribution >= 0.6 is 11.6 Å². The highest BCUT2D eigenvalue weighted by Gasteiger charge is 2.33. The maximum absolute atomic E-state index is 13.0. The average Bonchev–Trinajstić information content (AvgIpc) is 2.97. The lowest BCUT2D eigenvalue weighted by Gasteiger charge is -2.25. The van der Waals surface area contributed by atoms with Crippen molar-refractivity contribution in [3.8, 4) is 0 Å². The van der Waals surface area contributed by atoms with E-state index in [0.29, 0.717) is 5.76 Å². The minimum atomic E-state index is -4.04. The van der Waals surface area contributed by atoms with E-state index < -0.39 is 27.1 Å². The molecule has 118 valence electrons. The number of halogens is 2. The fourth-order valence-electron chi connectivity index (χ4n) is 1.84. The molecule has 8 heteroatoms. The predicted molar refractivity (Wildman–Crippen MR) is 78.2 cm³/mol. The Morgan fingerprint density at radius 1 is 1.32 bits per heavy atom. The molecule has 0 aliphatic rings. The van der Waals surface area contributed by atoms with Crippen LogP contribution in [0.15, 0.2) is 52.0 Å². The number of carbonyl (C=O) groups excluding carboxylic acids is 1. The second kappa shape index (κ2) is 6.60. The molecule has 0 spiro atoms. The van der Waals surface area contributed by atoms with Crippen molar-refractivity contribution in [2.75, 3.05) is 0 Å². The number of nitrogens with zero attached hydrogens (tertiary/aromatic N) is 1. The van der Waals surface area contributed by atoms with E-state index in [1.165, 1.54) is 13.2 Å². The molecule has 2 rings (SSSR count). The van der Waals surface area contributed by atoms with Gasteiger partial charge in [-0.15, -0.1) is 0 Å². The fourth-order valence-corrected chi connectivity index (χ4v) is 3.58. The highest BCUT2D eigenvalue weighted by Crippen LogP contribution is 2.22. The van der Waals surface area contributed by atoms with Crippen molar-refractivity contribution in [3.05, 3.63) is 54.2 Å². The average molecular weight is 346 g/mol. The number of benzene rings is 1. The van der Waals surface area contributed by atoms with E-state index in [0.717, 1.165) is 28.6 Å². The van der Waals surface area contributed by atoms with E-state index in [1.54, 1.807) is 12.1 Å². The molecule has 1 heterocycles. The van der Waals surface area contributed by atoms with Crippen LogP contribution in [0.25, 0.3) is 0 Å². The zero-order valence-corrected chi connectivity index (χ0v) is 13.1. The van der Waals surface area contributed by atoms with Gasteiger partial charge in [-0.1, -0.05) is 0 Å². The van der Waals surface area contributed by atoms with E-state index in [-0.39, 0.29) is 11.4 Å². The molecule has 1 aromatic carbocycles. The summed E-state index contributed by atoms with van der Waals surface area (Å²) in [5.41, 5.74) is 0. The summed E-state index contributed by atoms with van der Waals surface area (Å²) >= 11 is 5.45. The van der Waals surface area contributed by atoms with Crippen molar-refractivity contribution in [3.63, 3.8) is 0 Å². The van der Waals surface area contributed by atoms with Crippen LogP contribution in [0.4, 0.5) is 4.39 Å². The Hall–Kier alpha value is -1.70. The lowest BCUT2D eigenvalue weighted by atomic mass is 10.3. The molecule has 0 amide bonds. The lowest BCUT2D eigenvalue weighted by molar-refractivity contribution is -0.114.